The van der Waals surface area contributed by atoms with Crippen molar-refractivity contribution in [3.63, 3.8) is 0 Å². The molecule has 2 atom stereocenters. The van der Waals surface area contributed by atoms with Crippen molar-refractivity contribution in [3.8, 4) is 0 Å². The number of amides is 1. The smallest absolute Gasteiger partial charge is 0.329 e. The summed E-state index contributed by atoms with van der Waals surface area (Å²) in [4.78, 5) is 24.9. The Morgan fingerprint density at radius 1 is 1.40 bits per heavy atom. The number of thiophene rings is 1. The molecule has 1 N–H and O–H groups in total. The number of nitrogens with one attached hydrogen (secondary N) is 1. The fourth-order valence-corrected chi connectivity index (χ4v) is 2.28. The monoisotopic (exact) mass is 297 g/mol. The molecule has 0 saturated heterocycles. The lowest BCUT2D eigenvalue weighted by Gasteiger charge is -2.27. The molecule has 0 bridgehead atoms. The molecule has 4 nitrogen and oxygen atoms in total. The van der Waals surface area contributed by atoms with Crippen molar-refractivity contribution in [2.45, 2.75) is 52.7 Å². The first-order chi connectivity index (χ1) is 9.24. The van der Waals surface area contributed by atoms with E-state index in [1.807, 2.05) is 46.1 Å². The molecule has 112 valence electrons. The van der Waals surface area contributed by atoms with E-state index in [0.29, 0.717) is 4.88 Å². The van der Waals surface area contributed by atoms with Crippen molar-refractivity contribution in [2.75, 3.05) is 0 Å². The molecule has 1 heterocycles. The van der Waals surface area contributed by atoms with E-state index in [9.17, 15) is 9.59 Å². The molecule has 0 unspecified atom stereocenters. The van der Waals surface area contributed by atoms with Crippen LogP contribution in [0.4, 0.5) is 0 Å². The van der Waals surface area contributed by atoms with Crippen LogP contribution in [0.1, 0.15) is 50.7 Å². The summed E-state index contributed by atoms with van der Waals surface area (Å²) in [6.45, 7) is 9.38. The molecule has 0 aliphatic heterocycles. The van der Waals surface area contributed by atoms with Crippen LogP contribution in [-0.2, 0) is 9.53 Å². The molecule has 1 aromatic heterocycles. The van der Waals surface area contributed by atoms with Gasteiger partial charge in [0.25, 0.3) is 5.91 Å². The van der Waals surface area contributed by atoms with Crippen LogP contribution >= 0.6 is 11.3 Å². The predicted octanol–water partition coefficient (Wildman–Crippen LogP) is 3.23. The van der Waals surface area contributed by atoms with Gasteiger partial charge < -0.3 is 10.1 Å². The van der Waals surface area contributed by atoms with Gasteiger partial charge in [-0.25, -0.2) is 4.79 Å². The molecule has 0 radical (unpaired) electrons. The van der Waals surface area contributed by atoms with Crippen LogP contribution in [0.15, 0.2) is 17.5 Å². The Bertz CT molecular complexity index is 448. The van der Waals surface area contributed by atoms with E-state index in [1.54, 1.807) is 6.07 Å². The number of hydrogen-bond donors (Lipinski definition) is 1. The fraction of sp³-hybridized carbons (Fsp3) is 0.600. The molecule has 0 spiro atoms. The minimum absolute atomic E-state index is 0.0220. The van der Waals surface area contributed by atoms with Gasteiger partial charge in [0, 0.05) is 0 Å². The summed E-state index contributed by atoms with van der Waals surface area (Å²) in [5, 5.41) is 4.62. The quantitative estimate of drug-likeness (QED) is 0.849. The van der Waals surface area contributed by atoms with Gasteiger partial charge in [-0.2, -0.15) is 0 Å². The van der Waals surface area contributed by atoms with E-state index in [4.69, 9.17) is 4.74 Å². The fourth-order valence-electron chi connectivity index (χ4n) is 1.65. The molecule has 0 aromatic carbocycles. The summed E-state index contributed by atoms with van der Waals surface area (Å²) in [5.41, 5.74) is -0.559. The lowest BCUT2D eigenvalue weighted by Crippen LogP contribution is -2.47. The Morgan fingerprint density at radius 3 is 2.50 bits per heavy atom. The van der Waals surface area contributed by atoms with E-state index in [-0.39, 0.29) is 17.8 Å². The van der Waals surface area contributed by atoms with Crippen molar-refractivity contribution < 1.29 is 14.3 Å². The first-order valence-corrected chi connectivity index (χ1v) is 7.69. The zero-order valence-electron chi connectivity index (χ0n) is 12.7. The standard InChI is InChI=1S/C15H23NO3S/c1-6-10(2)12(14(18)19-15(3,4)5)16-13(17)11-8-7-9-20-11/h7-10,12H,6H2,1-5H3,(H,16,17)/t10-,12-/m0/s1. The summed E-state index contributed by atoms with van der Waals surface area (Å²) >= 11 is 1.35. The summed E-state index contributed by atoms with van der Waals surface area (Å²) in [6.07, 6.45) is 0.786. The highest BCUT2D eigenvalue weighted by atomic mass is 32.1. The van der Waals surface area contributed by atoms with Crippen LogP contribution in [0.25, 0.3) is 0 Å². The maximum atomic E-state index is 12.2. The van der Waals surface area contributed by atoms with Gasteiger partial charge in [-0.3, -0.25) is 4.79 Å². The van der Waals surface area contributed by atoms with Crippen LogP contribution in [0.3, 0.4) is 0 Å². The maximum absolute atomic E-state index is 12.2. The first kappa shape index (κ1) is 16.7. The normalized spacial score (nSPS) is 14.4. The number of esters is 1. The van der Waals surface area contributed by atoms with Gasteiger partial charge in [-0.15, -0.1) is 11.3 Å². The topological polar surface area (TPSA) is 55.4 Å². The number of ether oxygens (including phenoxy) is 1. The van der Waals surface area contributed by atoms with Crippen LogP contribution < -0.4 is 5.32 Å². The Labute approximate surface area is 124 Å². The average Bonchev–Trinajstić information content (AvgIpc) is 2.86. The van der Waals surface area contributed by atoms with E-state index in [2.05, 4.69) is 5.32 Å². The van der Waals surface area contributed by atoms with E-state index >= 15 is 0 Å². The number of hydrogen-bond acceptors (Lipinski definition) is 4. The zero-order chi connectivity index (χ0) is 15.3. The summed E-state index contributed by atoms with van der Waals surface area (Å²) in [6, 6.07) is 2.93. The summed E-state index contributed by atoms with van der Waals surface area (Å²) in [7, 11) is 0. The molecule has 20 heavy (non-hydrogen) atoms. The third-order valence-corrected chi connectivity index (χ3v) is 3.77. The second-order valence-corrected chi connectivity index (χ2v) is 6.80. The number of rotatable bonds is 5. The third kappa shape index (κ3) is 4.96. The van der Waals surface area contributed by atoms with Crippen LogP contribution in [-0.4, -0.2) is 23.5 Å². The van der Waals surface area contributed by atoms with Crippen molar-refractivity contribution in [3.05, 3.63) is 22.4 Å². The highest BCUT2D eigenvalue weighted by Crippen LogP contribution is 2.16. The molecule has 1 amide bonds. The molecular weight excluding hydrogens is 274 g/mol. The van der Waals surface area contributed by atoms with Crippen molar-refractivity contribution in [2.24, 2.45) is 5.92 Å². The molecule has 0 saturated carbocycles. The molecular formula is C15H23NO3S. The minimum Gasteiger partial charge on any atom is -0.458 e. The summed E-state index contributed by atoms with van der Waals surface area (Å²) in [5.74, 6) is -0.582. The average molecular weight is 297 g/mol. The Hall–Kier alpha value is -1.36. The SMILES string of the molecule is CC[C@H](C)[C@H](NC(=O)c1cccs1)C(=O)OC(C)(C)C. The van der Waals surface area contributed by atoms with E-state index in [0.717, 1.165) is 6.42 Å². The molecule has 1 aromatic rings. The molecule has 0 fully saturated rings. The van der Waals surface area contributed by atoms with Crippen molar-refractivity contribution in [1.29, 1.82) is 0 Å². The molecule has 1 rings (SSSR count). The van der Waals surface area contributed by atoms with Gasteiger partial charge in [0.2, 0.25) is 0 Å². The van der Waals surface area contributed by atoms with E-state index < -0.39 is 11.6 Å². The first-order valence-electron chi connectivity index (χ1n) is 6.82. The lowest BCUT2D eigenvalue weighted by atomic mass is 9.99. The van der Waals surface area contributed by atoms with Gasteiger partial charge in [-0.05, 0) is 38.1 Å². The van der Waals surface area contributed by atoms with Gasteiger partial charge >= 0.3 is 5.97 Å². The van der Waals surface area contributed by atoms with Crippen molar-refractivity contribution >= 4 is 23.2 Å². The van der Waals surface area contributed by atoms with Gasteiger partial charge in [0.05, 0.1) is 4.88 Å². The highest BCUT2D eigenvalue weighted by Gasteiger charge is 2.30. The highest BCUT2D eigenvalue weighted by molar-refractivity contribution is 7.12. The molecule has 0 aliphatic carbocycles. The third-order valence-electron chi connectivity index (χ3n) is 2.91. The van der Waals surface area contributed by atoms with Crippen molar-refractivity contribution in [1.82, 2.24) is 5.32 Å². The largest absolute Gasteiger partial charge is 0.458 e. The number of carbonyl (C=O) groups is 2. The van der Waals surface area contributed by atoms with E-state index in [1.165, 1.54) is 11.3 Å². The maximum Gasteiger partial charge on any atom is 0.329 e. The lowest BCUT2D eigenvalue weighted by molar-refractivity contribution is -0.158. The van der Waals surface area contributed by atoms with Gasteiger partial charge in [0.1, 0.15) is 11.6 Å². The van der Waals surface area contributed by atoms with Gasteiger partial charge in [-0.1, -0.05) is 26.3 Å². The minimum atomic E-state index is -0.617. The Morgan fingerprint density at radius 2 is 2.05 bits per heavy atom. The zero-order valence-corrected chi connectivity index (χ0v) is 13.5. The predicted molar refractivity (Wildman–Crippen MR) is 80.9 cm³/mol. The molecule has 0 aliphatic rings. The van der Waals surface area contributed by atoms with Crippen LogP contribution in [0.5, 0.6) is 0 Å². The second kappa shape index (κ2) is 6.88. The molecule has 5 heteroatoms. The van der Waals surface area contributed by atoms with Gasteiger partial charge in [0.15, 0.2) is 0 Å². The van der Waals surface area contributed by atoms with Crippen LogP contribution in [0.2, 0.25) is 0 Å². The second-order valence-electron chi connectivity index (χ2n) is 5.85. The summed E-state index contributed by atoms with van der Waals surface area (Å²) < 4.78 is 5.39. The Balaban J connectivity index is 2.79. The Kier molecular flexibility index (Phi) is 5.74. The van der Waals surface area contributed by atoms with Crippen LogP contribution in [0, 0.1) is 5.92 Å². The number of carbonyl (C=O) groups excluding carboxylic acids is 2.